The average Bonchev–Trinajstić information content (AvgIpc) is 2.38. The fraction of sp³-hybridized carbons (Fsp3) is 0.643. The van der Waals surface area contributed by atoms with Gasteiger partial charge in [-0.15, -0.1) is 4.31 Å². The minimum atomic E-state index is -1.05. The molecule has 0 saturated heterocycles. The van der Waals surface area contributed by atoms with Gasteiger partial charge in [0.25, 0.3) is 0 Å². The van der Waals surface area contributed by atoms with E-state index in [1.54, 1.807) is 13.3 Å². The van der Waals surface area contributed by atoms with Crippen molar-refractivity contribution < 1.29 is 9.29 Å². The molecule has 0 aliphatic rings. The van der Waals surface area contributed by atoms with E-state index in [0.717, 1.165) is 17.6 Å². The third kappa shape index (κ3) is 3.90. The Balaban J connectivity index is 3.02. The summed E-state index contributed by atoms with van der Waals surface area (Å²) in [6, 6.07) is 2.11. The van der Waals surface area contributed by atoms with Gasteiger partial charge in [-0.3, -0.25) is 0 Å². The summed E-state index contributed by atoms with van der Waals surface area (Å²) in [4.78, 5) is 4.31. The van der Waals surface area contributed by atoms with Crippen LogP contribution in [0.2, 0.25) is 0 Å². The molecule has 112 valence electrons. The molecule has 2 atom stereocenters. The molecule has 20 heavy (non-hydrogen) atoms. The van der Waals surface area contributed by atoms with Crippen LogP contribution in [-0.2, 0) is 11.4 Å². The Bertz CT molecular complexity index is 451. The number of rotatable bonds is 5. The molecule has 4 nitrogen and oxygen atoms in total. The minimum Gasteiger partial charge on any atom is -0.597 e. The first-order chi connectivity index (χ1) is 9.22. The highest BCUT2D eigenvalue weighted by molar-refractivity contribution is 7.90. The van der Waals surface area contributed by atoms with Gasteiger partial charge in [0.2, 0.25) is 5.88 Å². The summed E-state index contributed by atoms with van der Waals surface area (Å²) in [6.45, 7) is 10.8. The Morgan fingerprint density at radius 1 is 1.50 bits per heavy atom. The SMILES string of the molecule is Bc1cc([C@@H](C)N(CC)[S@@+]([O-])C(C)(C)C)cnc1OC. The average molecular weight is 296 g/mol. The van der Waals surface area contributed by atoms with Crippen LogP contribution in [0, 0.1) is 0 Å². The lowest BCUT2D eigenvalue weighted by molar-refractivity contribution is 0.343. The molecule has 1 rings (SSSR count). The largest absolute Gasteiger partial charge is 0.597 e. The molecule has 0 spiro atoms. The van der Waals surface area contributed by atoms with Crippen LogP contribution >= 0.6 is 0 Å². The summed E-state index contributed by atoms with van der Waals surface area (Å²) in [6.07, 6.45) is 1.80. The Morgan fingerprint density at radius 3 is 2.50 bits per heavy atom. The fourth-order valence-corrected chi connectivity index (χ4v) is 3.43. The maximum absolute atomic E-state index is 12.6. The molecule has 0 amide bonds. The lowest BCUT2D eigenvalue weighted by Gasteiger charge is -2.35. The second kappa shape index (κ2) is 6.83. The minimum absolute atomic E-state index is 0.0529. The van der Waals surface area contributed by atoms with Crippen molar-refractivity contribution in [1.82, 2.24) is 9.29 Å². The summed E-state index contributed by atoms with van der Waals surface area (Å²) < 4.78 is 19.5. The third-order valence-electron chi connectivity index (χ3n) is 3.21. The van der Waals surface area contributed by atoms with Gasteiger partial charge < -0.3 is 9.29 Å². The number of pyridine rings is 1. The lowest BCUT2D eigenvalue weighted by atomic mass is 9.94. The lowest BCUT2D eigenvalue weighted by Crippen LogP contribution is -2.44. The molecule has 0 aliphatic carbocycles. The molecule has 0 N–H and O–H groups in total. The van der Waals surface area contributed by atoms with Gasteiger partial charge in [0.15, 0.2) is 0 Å². The summed E-state index contributed by atoms with van der Waals surface area (Å²) in [7, 11) is 3.59. The summed E-state index contributed by atoms with van der Waals surface area (Å²) in [5.41, 5.74) is 2.05. The van der Waals surface area contributed by atoms with E-state index in [-0.39, 0.29) is 10.8 Å². The number of hydrogen-bond acceptors (Lipinski definition) is 4. The van der Waals surface area contributed by atoms with Crippen LogP contribution in [0.15, 0.2) is 12.3 Å². The number of hydrogen-bond donors (Lipinski definition) is 0. The number of ether oxygens (including phenoxy) is 1. The fourth-order valence-electron chi connectivity index (χ4n) is 2.08. The normalized spacial score (nSPS) is 15.2. The van der Waals surface area contributed by atoms with Crippen molar-refractivity contribution in [3.05, 3.63) is 17.8 Å². The van der Waals surface area contributed by atoms with Gasteiger partial charge in [-0.25, -0.2) is 4.98 Å². The van der Waals surface area contributed by atoms with Gasteiger partial charge in [-0.1, -0.05) is 6.07 Å². The molecular formula is C14H25BN2O2S. The zero-order valence-corrected chi connectivity index (χ0v) is 14.4. The second-order valence-corrected chi connectivity index (χ2v) is 8.06. The summed E-state index contributed by atoms with van der Waals surface area (Å²) in [5.74, 6) is 0.640. The molecule has 0 aliphatic heterocycles. The zero-order chi connectivity index (χ0) is 15.5. The predicted octanol–water partition coefficient (Wildman–Crippen LogP) is 1.19. The number of nitrogens with zero attached hydrogens (tertiary/aromatic N) is 2. The first kappa shape index (κ1) is 17.3. The van der Waals surface area contributed by atoms with Gasteiger partial charge in [0.1, 0.15) is 12.6 Å². The van der Waals surface area contributed by atoms with Crippen molar-refractivity contribution in [2.45, 2.75) is 45.4 Å². The van der Waals surface area contributed by atoms with Gasteiger partial charge in [-0.05, 0) is 45.6 Å². The van der Waals surface area contributed by atoms with Crippen LogP contribution in [0.3, 0.4) is 0 Å². The molecule has 1 aromatic heterocycles. The van der Waals surface area contributed by atoms with E-state index in [2.05, 4.69) is 18.0 Å². The van der Waals surface area contributed by atoms with E-state index in [1.165, 1.54) is 0 Å². The van der Waals surface area contributed by atoms with Crippen molar-refractivity contribution in [1.29, 1.82) is 0 Å². The van der Waals surface area contributed by atoms with E-state index in [0.29, 0.717) is 5.88 Å². The zero-order valence-electron chi connectivity index (χ0n) is 13.6. The van der Waals surface area contributed by atoms with E-state index >= 15 is 0 Å². The van der Waals surface area contributed by atoms with Gasteiger partial charge in [0, 0.05) is 24.1 Å². The predicted molar refractivity (Wildman–Crippen MR) is 87.7 cm³/mol. The van der Waals surface area contributed by atoms with Crippen molar-refractivity contribution in [2.75, 3.05) is 13.7 Å². The highest BCUT2D eigenvalue weighted by atomic mass is 32.2. The Morgan fingerprint density at radius 2 is 2.10 bits per heavy atom. The molecule has 0 aromatic carbocycles. The van der Waals surface area contributed by atoms with Crippen molar-refractivity contribution in [3.63, 3.8) is 0 Å². The standard InChI is InChI=1S/C14H25BN2O2S/c1-7-17(20(18)14(3,4)5)10(2)11-8-12(15)13(19-6)16-9-11/h8-10H,7,15H2,1-6H3/t10-,20+/m1/s1. The van der Waals surface area contributed by atoms with Gasteiger partial charge >= 0.3 is 0 Å². The molecule has 1 aromatic rings. The maximum Gasteiger partial charge on any atom is 0.206 e. The van der Waals surface area contributed by atoms with Crippen molar-refractivity contribution >= 4 is 24.7 Å². The first-order valence-corrected chi connectivity index (χ1v) is 8.02. The van der Waals surface area contributed by atoms with Crippen LogP contribution in [0.5, 0.6) is 5.88 Å². The Hall–Kier alpha value is -0.715. The van der Waals surface area contributed by atoms with Gasteiger partial charge in [-0.2, -0.15) is 0 Å². The second-order valence-electron chi connectivity index (χ2n) is 5.87. The van der Waals surface area contributed by atoms with E-state index < -0.39 is 11.4 Å². The first-order valence-electron chi connectivity index (χ1n) is 6.91. The molecule has 0 unspecified atom stereocenters. The van der Waals surface area contributed by atoms with Crippen molar-refractivity contribution in [3.8, 4) is 5.88 Å². The molecular weight excluding hydrogens is 271 g/mol. The quantitative estimate of drug-likeness (QED) is 0.605. The Kier molecular flexibility index (Phi) is 5.92. The summed E-state index contributed by atoms with van der Waals surface area (Å²) >= 11 is -1.05. The van der Waals surface area contributed by atoms with Crippen LogP contribution in [0.4, 0.5) is 0 Å². The maximum atomic E-state index is 12.6. The topological polar surface area (TPSA) is 48.4 Å². The third-order valence-corrected chi connectivity index (χ3v) is 5.26. The van der Waals surface area contributed by atoms with Crippen LogP contribution in [0.1, 0.15) is 46.2 Å². The van der Waals surface area contributed by atoms with E-state index in [9.17, 15) is 4.55 Å². The molecule has 0 bridgehead atoms. The van der Waals surface area contributed by atoms with E-state index in [1.807, 2.05) is 39.8 Å². The molecule has 6 heteroatoms. The number of aromatic nitrogens is 1. The number of methoxy groups -OCH3 is 1. The van der Waals surface area contributed by atoms with Crippen molar-refractivity contribution in [2.24, 2.45) is 0 Å². The van der Waals surface area contributed by atoms with E-state index in [4.69, 9.17) is 4.74 Å². The smallest absolute Gasteiger partial charge is 0.206 e. The highest BCUT2D eigenvalue weighted by Crippen LogP contribution is 2.29. The molecule has 0 saturated carbocycles. The van der Waals surface area contributed by atoms with Crippen LogP contribution < -0.4 is 10.2 Å². The molecule has 1 heterocycles. The van der Waals surface area contributed by atoms with Crippen LogP contribution in [0.25, 0.3) is 0 Å². The van der Waals surface area contributed by atoms with Gasteiger partial charge in [0.05, 0.1) is 13.2 Å². The Labute approximate surface area is 126 Å². The molecule has 0 fully saturated rings. The monoisotopic (exact) mass is 296 g/mol. The van der Waals surface area contributed by atoms with Crippen LogP contribution in [-0.4, -0.2) is 40.1 Å². The highest BCUT2D eigenvalue weighted by Gasteiger charge is 2.35. The molecule has 0 radical (unpaired) electrons. The summed E-state index contributed by atoms with van der Waals surface area (Å²) in [5, 5.41) is 0.